The first-order chi connectivity index (χ1) is 10.2. The van der Waals surface area contributed by atoms with Gasteiger partial charge in [-0.1, -0.05) is 0 Å². The average molecular weight is 287 g/mol. The van der Waals surface area contributed by atoms with Crippen molar-refractivity contribution in [3.8, 4) is 0 Å². The lowest BCUT2D eigenvalue weighted by atomic mass is 10.1. The van der Waals surface area contributed by atoms with Crippen molar-refractivity contribution < 1.29 is 9.66 Å². The van der Waals surface area contributed by atoms with Crippen LogP contribution in [0.1, 0.15) is 19.8 Å². The third-order valence-electron chi connectivity index (χ3n) is 3.90. The zero-order valence-corrected chi connectivity index (χ0v) is 11.8. The van der Waals surface area contributed by atoms with E-state index in [0.717, 1.165) is 30.5 Å². The number of nitrogens with zero attached hydrogens (tertiary/aromatic N) is 2. The van der Waals surface area contributed by atoms with Crippen molar-refractivity contribution in [1.29, 1.82) is 0 Å². The number of nitro benzene ring substituents is 1. The van der Waals surface area contributed by atoms with Crippen LogP contribution in [0.5, 0.6) is 0 Å². The summed E-state index contributed by atoms with van der Waals surface area (Å²) in [4.78, 5) is 14.8. The van der Waals surface area contributed by atoms with Crippen LogP contribution < -0.4 is 5.32 Å². The molecule has 1 aliphatic heterocycles. The minimum Gasteiger partial charge on any atom is -0.379 e. The summed E-state index contributed by atoms with van der Waals surface area (Å²) in [5.41, 5.74) is 0.953. The second-order valence-electron chi connectivity index (χ2n) is 5.30. The quantitative estimate of drug-likeness (QED) is 0.690. The average Bonchev–Trinajstić information content (AvgIpc) is 3.01. The molecule has 0 amide bonds. The van der Waals surface area contributed by atoms with Crippen molar-refractivity contribution >= 4 is 22.1 Å². The first-order valence-electron chi connectivity index (χ1n) is 7.06. The molecule has 1 fully saturated rings. The predicted octanol–water partition coefficient (Wildman–Crippen LogP) is 3.12. The fourth-order valence-electron chi connectivity index (χ4n) is 2.79. The van der Waals surface area contributed by atoms with Crippen molar-refractivity contribution in [2.75, 3.05) is 11.9 Å². The molecular weight excluding hydrogens is 270 g/mol. The number of hydrogen-bond donors (Lipinski definition) is 1. The molecule has 1 saturated heterocycles. The van der Waals surface area contributed by atoms with Gasteiger partial charge in [-0.3, -0.25) is 15.1 Å². The number of fused-ring (bicyclic) bond motifs is 1. The van der Waals surface area contributed by atoms with Crippen molar-refractivity contribution in [1.82, 2.24) is 4.98 Å². The molecule has 2 atom stereocenters. The highest BCUT2D eigenvalue weighted by Gasteiger charge is 2.23. The number of benzene rings is 1. The predicted molar refractivity (Wildman–Crippen MR) is 80.5 cm³/mol. The molecule has 6 heteroatoms. The lowest BCUT2D eigenvalue weighted by Gasteiger charge is -2.22. The van der Waals surface area contributed by atoms with Gasteiger partial charge in [0, 0.05) is 42.2 Å². The third-order valence-corrected chi connectivity index (χ3v) is 3.90. The summed E-state index contributed by atoms with van der Waals surface area (Å²) in [6, 6.07) is 5.10. The minimum atomic E-state index is -0.365. The van der Waals surface area contributed by atoms with Gasteiger partial charge in [0.1, 0.15) is 0 Å². The Labute approximate surface area is 122 Å². The molecule has 3 rings (SSSR count). The van der Waals surface area contributed by atoms with E-state index in [0.29, 0.717) is 5.39 Å². The maximum Gasteiger partial charge on any atom is 0.277 e. The first kappa shape index (κ1) is 13.8. The van der Waals surface area contributed by atoms with Crippen LogP contribution >= 0.6 is 0 Å². The molecule has 0 bridgehead atoms. The molecular formula is C15H17N3O3. The first-order valence-corrected chi connectivity index (χ1v) is 7.06. The van der Waals surface area contributed by atoms with Gasteiger partial charge in [-0.05, 0) is 31.9 Å². The maximum atomic E-state index is 11.1. The Morgan fingerprint density at radius 3 is 3.00 bits per heavy atom. The van der Waals surface area contributed by atoms with Crippen molar-refractivity contribution in [3.63, 3.8) is 0 Å². The summed E-state index contributed by atoms with van der Waals surface area (Å²) < 4.78 is 5.67. The molecule has 2 heterocycles. The van der Waals surface area contributed by atoms with Gasteiger partial charge < -0.3 is 10.1 Å². The van der Waals surface area contributed by atoms with E-state index in [9.17, 15) is 10.1 Å². The molecule has 2 aromatic rings. The van der Waals surface area contributed by atoms with E-state index in [4.69, 9.17) is 4.74 Å². The van der Waals surface area contributed by atoms with Crippen LogP contribution in [0.15, 0.2) is 30.6 Å². The maximum absolute atomic E-state index is 11.1. The highest BCUT2D eigenvalue weighted by atomic mass is 16.6. The minimum absolute atomic E-state index is 0.0997. The number of nitro groups is 1. The molecule has 1 aromatic carbocycles. The second-order valence-corrected chi connectivity index (χ2v) is 5.30. The Bertz CT molecular complexity index is 668. The van der Waals surface area contributed by atoms with E-state index in [1.54, 1.807) is 24.5 Å². The van der Waals surface area contributed by atoms with Crippen LogP contribution in [0.2, 0.25) is 0 Å². The fourth-order valence-corrected chi connectivity index (χ4v) is 2.79. The standard InChI is InChI=1S/C15H17N3O3/c1-10(15-3-2-8-21-15)17-13-4-5-14(18(19)20)11-6-7-16-9-12(11)13/h4-7,9-10,15,17H,2-3,8H2,1H3. The van der Waals surface area contributed by atoms with Gasteiger partial charge in [-0.25, -0.2) is 0 Å². The molecule has 0 aliphatic carbocycles. The molecule has 110 valence electrons. The van der Waals surface area contributed by atoms with E-state index in [2.05, 4.69) is 17.2 Å². The molecule has 0 radical (unpaired) electrons. The van der Waals surface area contributed by atoms with Crippen LogP contribution in [0.25, 0.3) is 10.8 Å². The zero-order chi connectivity index (χ0) is 14.8. The van der Waals surface area contributed by atoms with Crippen LogP contribution in [-0.2, 0) is 4.74 Å². The topological polar surface area (TPSA) is 77.3 Å². The molecule has 1 aliphatic rings. The fraction of sp³-hybridized carbons (Fsp3) is 0.400. The molecule has 0 spiro atoms. The number of anilines is 1. The summed E-state index contributed by atoms with van der Waals surface area (Å²) >= 11 is 0. The molecule has 1 aromatic heterocycles. The zero-order valence-electron chi connectivity index (χ0n) is 11.8. The van der Waals surface area contributed by atoms with Gasteiger partial charge in [-0.2, -0.15) is 0 Å². The number of non-ortho nitro benzene ring substituents is 1. The van der Waals surface area contributed by atoms with E-state index in [-0.39, 0.29) is 22.8 Å². The Morgan fingerprint density at radius 1 is 1.43 bits per heavy atom. The summed E-state index contributed by atoms with van der Waals surface area (Å²) in [5, 5.41) is 15.9. The third kappa shape index (κ3) is 2.67. The number of rotatable bonds is 4. The van der Waals surface area contributed by atoms with Crippen LogP contribution in [0.3, 0.4) is 0 Å². The Balaban J connectivity index is 1.95. The van der Waals surface area contributed by atoms with E-state index in [1.807, 2.05) is 0 Å². The molecule has 6 nitrogen and oxygen atoms in total. The lowest BCUT2D eigenvalue weighted by molar-refractivity contribution is -0.383. The summed E-state index contributed by atoms with van der Waals surface area (Å²) in [7, 11) is 0. The van der Waals surface area contributed by atoms with Crippen LogP contribution in [0, 0.1) is 10.1 Å². The van der Waals surface area contributed by atoms with Gasteiger partial charge in [0.05, 0.1) is 16.4 Å². The van der Waals surface area contributed by atoms with Gasteiger partial charge in [0.25, 0.3) is 5.69 Å². The Kier molecular flexibility index (Phi) is 3.70. The highest BCUT2D eigenvalue weighted by Crippen LogP contribution is 2.31. The van der Waals surface area contributed by atoms with Crippen molar-refractivity contribution in [2.24, 2.45) is 0 Å². The largest absolute Gasteiger partial charge is 0.379 e. The molecule has 0 saturated carbocycles. The monoisotopic (exact) mass is 287 g/mol. The van der Waals surface area contributed by atoms with Gasteiger partial charge in [-0.15, -0.1) is 0 Å². The smallest absolute Gasteiger partial charge is 0.277 e. The Hall–Kier alpha value is -2.21. The summed E-state index contributed by atoms with van der Waals surface area (Å²) in [6.45, 7) is 2.87. The second kappa shape index (κ2) is 5.65. The van der Waals surface area contributed by atoms with Gasteiger partial charge in [0.15, 0.2) is 0 Å². The summed E-state index contributed by atoms with van der Waals surface area (Å²) in [6.07, 6.45) is 5.54. The van der Waals surface area contributed by atoms with E-state index >= 15 is 0 Å². The number of nitrogens with one attached hydrogen (secondary N) is 1. The van der Waals surface area contributed by atoms with E-state index in [1.165, 1.54) is 6.07 Å². The SMILES string of the molecule is CC(Nc1ccc([N+](=O)[O-])c2ccncc12)C1CCCO1. The highest BCUT2D eigenvalue weighted by molar-refractivity contribution is 5.99. The van der Waals surface area contributed by atoms with Crippen molar-refractivity contribution in [2.45, 2.75) is 31.9 Å². The van der Waals surface area contributed by atoms with E-state index < -0.39 is 0 Å². The Morgan fingerprint density at radius 2 is 2.29 bits per heavy atom. The van der Waals surface area contributed by atoms with Crippen LogP contribution in [-0.4, -0.2) is 28.7 Å². The lowest BCUT2D eigenvalue weighted by Crippen LogP contribution is -2.30. The molecule has 21 heavy (non-hydrogen) atoms. The van der Waals surface area contributed by atoms with Crippen molar-refractivity contribution in [3.05, 3.63) is 40.7 Å². The van der Waals surface area contributed by atoms with Gasteiger partial charge >= 0.3 is 0 Å². The number of hydrogen-bond acceptors (Lipinski definition) is 5. The number of ether oxygens (including phenoxy) is 1. The van der Waals surface area contributed by atoms with Crippen LogP contribution in [0.4, 0.5) is 11.4 Å². The molecule has 2 unspecified atom stereocenters. The van der Waals surface area contributed by atoms with Gasteiger partial charge in [0.2, 0.25) is 0 Å². The summed E-state index contributed by atoms with van der Waals surface area (Å²) in [5.74, 6) is 0. The molecule has 1 N–H and O–H groups in total. The number of aromatic nitrogens is 1. The normalized spacial score (nSPS) is 19.6. The number of pyridine rings is 1.